The van der Waals surface area contributed by atoms with Crippen LogP contribution in [0.4, 0.5) is 0 Å². The molecule has 3 rings (SSSR count). The second kappa shape index (κ2) is 6.71. The number of piperidine rings is 2. The van der Waals surface area contributed by atoms with E-state index in [1.807, 2.05) is 16.7 Å². The summed E-state index contributed by atoms with van der Waals surface area (Å²) in [5.74, 6) is 0.0729. The highest BCUT2D eigenvalue weighted by Crippen LogP contribution is 2.37. The van der Waals surface area contributed by atoms with E-state index in [9.17, 15) is 9.59 Å². The van der Waals surface area contributed by atoms with Crippen molar-refractivity contribution < 1.29 is 9.59 Å². The van der Waals surface area contributed by atoms with Gasteiger partial charge in [0.1, 0.15) is 5.69 Å². The number of amides is 2. The van der Waals surface area contributed by atoms with Crippen LogP contribution in [0.5, 0.6) is 0 Å². The molecule has 2 amide bonds. The van der Waals surface area contributed by atoms with Crippen molar-refractivity contribution in [1.29, 1.82) is 0 Å². The van der Waals surface area contributed by atoms with Crippen LogP contribution in [0.2, 0.25) is 0 Å². The number of hydrogen-bond donors (Lipinski definition) is 0. The Morgan fingerprint density at radius 1 is 1.33 bits per heavy atom. The van der Waals surface area contributed by atoms with Crippen LogP contribution < -0.4 is 0 Å². The van der Waals surface area contributed by atoms with Gasteiger partial charge in [-0.1, -0.05) is 6.08 Å². The number of rotatable bonds is 3. The Morgan fingerprint density at radius 2 is 2.12 bits per heavy atom. The SMILES string of the molecule is C=CCN1C(=O)CCCC12CCCN(C(=O)c1cnc(C)cn1)C2. The van der Waals surface area contributed by atoms with Crippen molar-refractivity contribution in [3.63, 3.8) is 0 Å². The van der Waals surface area contributed by atoms with E-state index in [0.717, 1.165) is 31.4 Å². The van der Waals surface area contributed by atoms with Crippen molar-refractivity contribution in [2.75, 3.05) is 19.6 Å². The van der Waals surface area contributed by atoms with Crippen molar-refractivity contribution in [2.24, 2.45) is 0 Å². The summed E-state index contributed by atoms with van der Waals surface area (Å²) in [6, 6.07) is 0. The zero-order valence-corrected chi connectivity index (χ0v) is 14.2. The first-order valence-electron chi connectivity index (χ1n) is 8.55. The molecular weight excluding hydrogens is 304 g/mol. The van der Waals surface area contributed by atoms with Crippen LogP contribution in [0, 0.1) is 6.92 Å². The molecule has 2 saturated heterocycles. The molecular formula is C18H24N4O2. The summed E-state index contributed by atoms with van der Waals surface area (Å²) in [6.45, 7) is 7.45. The fraction of sp³-hybridized carbons (Fsp3) is 0.556. The molecule has 24 heavy (non-hydrogen) atoms. The lowest BCUT2D eigenvalue weighted by Gasteiger charge is -2.51. The quantitative estimate of drug-likeness (QED) is 0.796. The van der Waals surface area contributed by atoms with E-state index in [2.05, 4.69) is 16.5 Å². The molecule has 3 heterocycles. The summed E-state index contributed by atoms with van der Waals surface area (Å²) in [5, 5.41) is 0. The van der Waals surface area contributed by atoms with Gasteiger partial charge in [-0.25, -0.2) is 4.98 Å². The van der Waals surface area contributed by atoms with E-state index in [1.165, 1.54) is 6.20 Å². The Kier molecular flexibility index (Phi) is 4.64. The first kappa shape index (κ1) is 16.6. The van der Waals surface area contributed by atoms with Crippen LogP contribution in [0.15, 0.2) is 25.0 Å². The Bertz CT molecular complexity index is 639. The van der Waals surface area contributed by atoms with E-state index >= 15 is 0 Å². The van der Waals surface area contributed by atoms with Gasteiger partial charge >= 0.3 is 0 Å². The lowest BCUT2D eigenvalue weighted by atomic mass is 9.79. The van der Waals surface area contributed by atoms with Gasteiger partial charge in [0, 0.05) is 32.3 Å². The third-order valence-electron chi connectivity index (χ3n) is 5.06. The molecule has 0 bridgehead atoms. The highest BCUT2D eigenvalue weighted by molar-refractivity contribution is 5.92. The number of nitrogens with zero attached hydrogens (tertiary/aromatic N) is 4. The lowest BCUT2D eigenvalue weighted by Crippen LogP contribution is -2.63. The monoisotopic (exact) mass is 328 g/mol. The molecule has 1 aromatic rings. The maximum Gasteiger partial charge on any atom is 0.274 e. The molecule has 2 aliphatic rings. The van der Waals surface area contributed by atoms with Crippen LogP contribution in [0.1, 0.15) is 48.3 Å². The molecule has 1 spiro atoms. The second-order valence-corrected chi connectivity index (χ2v) is 6.74. The Balaban J connectivity index is 1.82. The second-order valence-electron chi connectivity index (χ2n) is 6.74. The minimum absolute atomic E-state index is 0.0989. The number of carbonyl (C=O) groups is 2. The van der Waals surface area contributed by atoms with Gasteiger partial charge in [-0.2, -0.15) is 0 Å². The first-order valence-corrected chi connectivity index (χ1v) is 8.55. The predicted octanol–water partition coefficient (Wildman–Crippen LogP) is 1.96. The molecule has 1 aromatic heterocycles. The molecule has 0 radical (unpaired) electrons. The normalized spacial score (nSPS) is 24.3. The molecule has 1 atom stereocenters. The zero-order valence-electron chi connectivity index (χ0n) is 14.2. The largest absolute Gasteiger partial charge is 0.335 e. The fourth-order valence-corrected chi connectivity index (χ4v) is 3.90. The van der Waals surface area contributed by atoms with Gasteiger partial charge in [-0.3, -0.25) is 14.6 Å². The Labute approximate surface area is 142 Å². The Morgan fingerprint density at radius 3 is 2.83 bits per heavy atom. The third-order valence-corrected chi connectivity index (χ3v) is 5.06. The average molecular weight is 328 g/mol. The van der Waals surface area contributed by atoms with Gasteiger partial charge in [0.05, 0.1) is 17.4 Å². The highest BCUT2D eigenvalue weighted by atomic mass is 16.2. The van der Waals surface area contributed by atoms with Crippen LogP contribution in [-0.2, 0) is 4.79 Å². The predicted molar refractivity (Wildman–Crippen MR) is 90.4 cm³/mol. The number of likely N-dealkylation sites (tertiary alicyclic amines) is 2. The summed E-state index contributed by atoms with van der Waals surface area (Å²) >= 11 is 0. The minimum atomic E-state index is -0.254. The summed E-state index contributed by atoms with van der Waals surface area (Å²) in [5.41, 5.74) is 0.905. The molecule has 2 aliphatic heterocycles. The van der Waals surface area contributed by atoms with Crippen LogP contribution >= 0.6 is 0 Å². The molecule has 0 N–H and O–H groups in total. The van der Waals surface area contributed by atoms with E-state index in [0.29, 0.717) is 31.7 Å². The third kappa shape index (κ3) is 3.05. The fourth-order valence-electron chi connectivity index (χ4n) is 3.90. The smallest absolute Gasteiger partial charge is 0.274 e. The Hall–Kier alpha value is -2.24. The van der Waals surface area contributed by atoms with Gasteiger partial charge in [0.15, 0.2) is 0 Å². The number of hydrogen-bond acceptors (Lipinski definition) is 4. The molecule has 128 valence electrons. The van der Waals surface area contributed by atoms with Gasteiger partial charge in [0.2, 0.25) is 5.91 Å². The maximum atomic E-state index is 12.8. The molecule has 1 unspecified atom stereocenters. The van der Waals surface area contributed by atoms with Crippen LogP contribution in [0.25, 0.3) is 0 Å². The van der Waals surface area contributed by atoms with Gasteiger partial charge < -0.3 is 9.80 Å². The lowest BCUT2D eigenvalue weighted by molar-refractivity contribution is -0.143. The number of aromatic nitrogens is 2. The first-order chi connectivity index (χ1) is 11.6. The average Bonchev–Trinajstić information content (AvgIpc) is 2.59. The van der Waals surface area contributed by atoms with E-state index in [-0.39, 0.29) is 17.4 Å². The number of carbonyl (C=O) groups excluding carboxylic acids is 2. The van der Waals surface area contributed by atoms with Crippen molar-refractivity contribution >= 4 is 11.8 Å². The molecule has 0 aromatic carbocycles. The summed E-state index contributed by atoms with van der Waals surface area (Å²) < 4.78 is 0. The maximum absolute atomic E-state index is 12.8. The summed E-state index contributed by atoms with van der Waals surface area (Å²) in [4.78, 5) is 37.3. The van der Waals surface area contributed by atoms with Crippen molar-refractivity contribution in [3.05, 3.63) is 36.4 Å². The number of aryl methyl sites for hydroxylation is 1. The van der Waals surface area contributed by atoms with E-state index in [4.69, 9.17) is 0 Å². The van der Waals surface area contributed by atoms with Gasteiger partial charge in [-0.15, -0.1) is 6.58 Å². The summed E-state index contributed by atoms with van der Waals surface area (Å²) in [6.07, 6.45) is 9.18. The highest BCUT2D eigenvalue weighted by Gasteiger charge is 2.45. The molecule has 6 nitrogen and oxygen atoms in total. The zero-order chi connectivity index (χ0) is 17.2. The van der Waals surface area contributed by atoms with E-state index in [1.54, 1.807) is 12.3 Å². The molecule has 6 heteroatoms. The van der Waals surface area contributed by atoms with Crippen LogP contribution in [0.3, 0.4) is 0 Å². The van der Waals surface area contributed by atoms with Gasteiger partial charge in [-0.05, 0) is 32.6 Å². The van der Waals surface area contributed by atoms with Crippen molar-refractivity contribution in [1.82, 2.24) is 19.8 Å². The molecule has 0 saturated carbocycles. The topological polar surface area (TPSA) is 66.4 Å². The minimum Gasteiger partial charge on any atom is -0.335 e. The molecule has 0 aliphatic carbocycles. The van der Waals surface area contributed by atoms with E-state index < -0.39 is 0 Å². The van der Waals surface area contributed by atoms with Crippen molar-refractivity contribution in [2.45, 2.75) is 44.6 Å². The summed E-state index contributed by atoms with van der Waals surface area (Å²) in [7, 11) is 0. The van der Waals surface area contributed by atoms with Crippen LogP contribution in [-0.4, -0.2) is 56.8 Å². The molecule has 2 fully saturated rings. The van der Waals surface area contributed by atoms with Crippen molar-refractivity contribution in [3.8, 4) is 0 Å². The standard InChI is InChI=1S/C18H24N4O2/c1-3-9-22-16(23)6-4-7-18(22)8-5-10-21(13-18)17(24)15-12-19-14(2)11-20-15/h3,11-12H,1,4-10,13H2,2H3. The van der Waals surface area contributed by atoms with Gasteiger partial charge in [0.25, 0.3) is 5.91 Å².